The molecule has 0 unspecified atom stereocenters. The second kappa shape index (κ2) is 7.03. The molecule has 0 saturated carbocycles. The Balaban J connectivity index is 2.37. The molecule has 1 aromatic carbocycles. The van der Waals surface area contributed by atoms with Gasteiger partial charge in [-0.2, -0.15) is 21.6 Å². The van der Waals surface area contributed by atoms with Crippen LogP contribution in [0.5, 0.6) is 0 Å². The SMILES string of the molecule is O=C(Nc1ccc(F)c(F)c1)c1cnc(Cl)cc1NS(=O)(=O)C(F)(F)F. The van der Waals surface area contributed by atoms with Crippen LogP contribution in [0, 0.1) is 11.6 Å². The molecular formula is C13H7ClF5N3O3S. The highest BCUT2D eigenvalue weighted by Gasteiger charge is 2.46. The van der Waals surface area contributed by atoms with Gasteiger partial charge in [0, 0.05) is 24.0 Å². The van der Waals surface area contributed by atoms with Crippen LogP contribution in [0.4, 0.5) is 33.3 Å². The molecule has 13 heteroatoms. The Hall–Kier alpha value is -2.47. The second-order valence-corrected chi connectivity index (χ2v) is 6.75. The number of alkyl halides is 3. The lowest BCUT2D eigenvalue weighted by Crippen LogP contribution is -2.31. The van der Waals surface area contributed by atoms with Crippen molar-refractivity contribution in [2.45, 2.75) is 5.51 Å². The lowest BCUT2D eigenvalue weighted by Gasteiger charge is -2.14. The molecule has 1 aromatic heterocycles. The topological polar surface area (TPSA) is 88.2 Å². The van der Waals surface area contributed by atoms with Gasteiger partial charge >= 0.3 is 15.5 Å². The molecule has 0 saturated heterocycles. The van der Waals surface area contributed by atoms with Gasteiger partial charge in [-0.05, 0) is 12.1 Å². The molecule has 1 heterocycles. The van der Waals surface area contributed by atoms with Gasteiger partial charge in [0.1, 0.15) is 5.15 Å². The summed E-state index contributed by atoms with van der Waals surface area (Å²) in [6, 6.07) is 3.00. The summed E-state index contributed by atoms with van der Waals surface area (Å²) in [5.41, 5.74) is -7.31. The molecule has 2 N–H and O–H groups in total. The summed E-state index contributed by atoms with van der Waals surface area (Å²) < 4.78 is 87.2. The van der Waals surface area contributed by atoms with E-state index in [1.165, 1.54) is 4.72 Å². The Morgan fingerprint density at radius 2 is 1.77 bits per heavy atom. The number of hydrogen-bond donors (Lipinski definition) is 2. The van der Waals surface area contributed by atoms with Crippen LogP contribution in [0.3, 0.4) is 0 Å². The predicted molar refractivity (Wildman–Crippen MR) is 82.2 cm³/mol. The molecule has 0 aliphatic rings. The highest BCUT2D eigenvalue weighted by Crippen LogP contribution is 2.28. The number of nitrogens with one attached hydrogen (secondary N) is 2. The van der Waals surface area contributed by atoms with E-state index in [1.54, 1.807) is 0 Å². The van der Waals surface area contributed by atoms with Crippen LogP contribution < -0.4 is 10.0 Å². The normalized spacial score (nSPS) is 11.9. The van der Waals surface area contributed by atoms with E-state index in [2.05, 4.69) is 10.3 Å². The summed E-state index contributed by atoms with van der Waals surface area (Å²) in [6.07, 6.45) is 0.714. The van der Waals surface area contributed by atoms with Crippen LogP contribution in [0.15, 0.2) is 30.5 Å². The molecular weight excluding hydrogens is 409 g/mol. The van der Waals surface area contributed by atoms with Crippen LogP contribution in [0.25, 0.3) is 0 Å². The summed E-state index contributed by atoms with van der Waals surface area (Å²) in [4.78, 5) is 15.6. The number of rotatable bonds is 4. The van der Waals surface area contributed by atoms with Crippen molar-refractivity contribution >= 4 is 38.9 Å². The highest BCUT2D eigenvalue weighted by molar-refractivity contribution is 7.93. The van der Waals surface area contributed by atoms with Gasteiger partial charge < -0.3 is 5.32 Å². The molecule has 0 bridgehead atoms. The fourth-order valence-electron chi connectivity index (χ4n) is 1.67. The van der Waals surface area contributed by atoms with Gasteiger partial charge in [0.05, 0.1) is 11.3 Å². The van der Waals surface area contributed by atoms with Crippen LogP contribution in [-0.4, -0.2) is 24.8 Å². The third-order valence-electron chi connectivity index (χ3n) is 2.84. The second-order valence-electron chi connectivity index (χ2n) is 4.69. The third-order valence-corrected chi connectivity index (χ3v) is 4.15. The minimum Gasteiger partial charge on any atom is -0.322 e. The smallest absolute Gasteiger partial charge is 0.322 e. The highest BCUT2D eigenvalue weighted by atomic mass is 35.5. The number of benzene rings is 1. The molecule has 0 radical (unpaired) electrons. The first-order valence-electron chi connectivity index (χ1n) is 6.42. The molecule has 2 rings (SSSR count). The monoisotopic (exact) mass is 415 g/mol. The molecule has 0 spiro atoms. The number of carbonyl (C=O) groups is 1. The predicted octanol–water partition coefficient (Wildman–Crippen LogP) is 3.53. The Kier molecular flexibility index (Phi) is 5.37. The minimum absolute atomic E-state index is 0.228. The molecule has 0 atom stereocenters. The number of amides is 1. The van der Waals surface area contributed by atoms with Gasteiger partial charge in [-0.25, -0.2) is 13.8 Å². The molecule has 6 nitrogen and oxygen atoms in total. The Morgan fingerprint density at radius 3 is 2.35 bits per heavy atom. The van der Waals surface area contributed by atoms with Crippen molar-refractivity contribution in [3.05, 3.63) is 52.8 Å². The maximum Gasteiger partial charge on any atom is 0.516 e. The standard InChI is InChI=1S/C13H7ClF5N3O3S/c14-11-4-10(22-26(24,25)13(17,18)19)7(5-20-11)12(23)21-6-1-2-8(15)9(16)3-6/h1-5H,(H,20,22)(H,21,23). The first kappa shape index (κ1) is 19.8. The first-order valence-corrected chi connectivity index (χ1v) is 8.28. The quantitative estimate of drug-likeness (QED) is 0.590. The molecule has 1 amide bonds. The van der Waals surface area contributed by atoms with Gasteiger partial charge in [-0.1, -0.05) is 11.6 Å². The van der Waals surface area contributed by atoms with Gasteiger partial charge in [-0.3, -0.25) is 9.52 Å². The molecule has 2 aromatic rings. The Bertz CT molecular complexity index is 966. The van der Waals surface area contributed by atoms with Crippen molar-refractivity contribution in [2.75, 3.05) is 10.0 Å². The lowest BCUT2D eigenvalue weighted by molar-refractivity contribution is -0.0429. The van der Waals surface area contributed by atoms with Crippen LogP contribution in [0.2, 0.25) is 5.15 Å². The number of anilines is 2. The van der Waals surface area contributed by atoms with Crippen LogP contribution in [-0.2, 0) is 10.0 Å². The van der Waals surface area contributed by atoms with Gasteiger partial charge in [0.2, 0.25) is 0 Å². The zero-order chi connectivity index (χ0) is 19.7. The van der Waals surface area contributed by atoms with Crippen LogP contribution in [0.1, 0.15) is 10.4 Å². The average Bonchev–Trinajstić information content (AvgIpc) is 2.49. The number of hydrogen-bond acceptors (Lipinski definition) is 4. The van der Waals surface area contributed by atoms with Gasteiger partial charge in [0.25, 0.3) is 5.91 Å². The minimum atomic E-state index is -5.83. The van der Waals surface area contributed by atoms with Crippen molar-refractivity contribution in [2.24, 2.45) is 0 Å². The third kappa shape index (κ3) is 4.38. The van der Waals surface area contributed by atoms with Crippen molar-refractivity contribution in [3.63, 3.8) is 0 Å². The maximum atomic E-state index is 13.1. The summed E-state index contributed by atoms with van der Waals surface area (Å²) in [5.74, 6) is -3.61. The summed E-state index contributed by atoms with van der Waals surface area (Å²) in [5, 5.41) is 1.67. The Labute approximate surface area is 148 Å². The number of nitrogens with zero attached hydrogens (tertiary/aromatic N) is 1. The van der Waals surface area contributed by atoms with Gasteiger partial charge in [-0.15, -0.1) is 0 Å². The molecule has 0 aliphatic carbocycles. The number of sulfonamides is 1. The lowest BCUT2D eigenvalue weighted by atomic mass is 10.2. The van der Waals surface area contributed by atoms with E-state index in [4.69, 9.17) is 11.6 Å². The van der Waals surface area contributed by atoms with Gasteiger partial charge in [0.15, 0.2) is 11.6 Å². The van der Waals surface area contributed by atoms with E-state index in [9.17, 15) is 35.2 Å². The maximum absolute atomic E-state index is 13.1. The molecule has 0 fully saturated rings. The van der Waals surface area contributed by atoms with Crippen molar-refractivity contribution in [1.29, 1.82) is 0 Å². The van der Waals surface area contributed by atoms with E-state index < -0.39 is 49.5 Å². The summed E-state index contributed by atoms with van der Waals surface area (Å²) in [6.45, 7) is 0. The van der Waals surface area contributed by atoms with E-state index in [-0.39, 0.29) is 5.69 Å². The van der Waals surface area contributed by atoms with Crippen molar-refractivity contribution in [1.82, 2.24) is 4.98 Å². The fraction of sp³-hybridized carbons (Fsp3) is 0.0769. The van der Waals surface area contributed by atoms with E-state index >= 15 is 0 Å². The van der Waals surface area contributed by atoms with E-state index in [0.29, 0.717) is 24.4 Å². The summed E-state index contributed by atoms with van der Waals surface area (Å²) in [7, 11) is -5.83. The molecule has 26 heavy (non-hydrogen) atoms. The number of pyridine rings is 1. The number of halogens is 6. The zero-order valence-electron chi connectivity index (χ0n) is 12.2. The number of aromatic nitrogens is 1. The van der Waals surface area contributed by atoms with E-state index in [1.807, 2.05) is 0 Å². The first-order chi connectivity index (χ1) is 11.9. The molecule has 140 valence electrons. The van der Waals surface area contributed by atoms with Crippen LogP contribution >= 0.6 is 11.6 Å². The fourth-order valence-corrected chi connectivity index (χ4v) is 2.40. The molecule has 0 aliphatic heterocycles. The number of carbonyl (C=O) groups excluding carboxylic acids is 1. The largest absolute Gasteiger partial charge is 0.516 e. The van der Waals surface area contributed by atoms with E-state index in [0.717, 1.165) is 6.07 Å². The average molecular weight is 416 g/mol. The zero-order valence-corrected chi connectivity index (χ0v) is 13.8. The Morgan fingerprint density at radius 1 is 1.12 bits per heavy atom. The summed E-state index contributed by atoms with van der Waals surface area (Å²) >= 11 is 5.51. The van der Waals surface area contributed by atoms with Crippen molar-refractivity contribution < 1.29 is 35.2 Å². The van der Waals surface area contributed by atoms with Crippen molar-refractivity contribution in [3.8, 4) is 0 Å².